The van der Waals surface area contributed by atoms with Gasteiger partial charge in [-0.25, -0.2) is 23.5 Å². The zero-order valence-electron chi connectivity index (χ0n) is 13.2. The van der Waals surface area contributed by atoms with Crippen LogP contribution in [0.15, 0.2) is 46.0 Å². The van der Waals surface area contributed by atoms with Crippen molar-refractivity contribution in [3.63, 3.8) is 0 Å². The number of sulfonamides is 1. The highest BCUT2D eigenvalue weighted by atomic mass is 79.9. The van der Waals surface area contributed by atoms with E-state index in [1.807, 2.05) is 4.90 Å². The number of hydrogen-bond acceptors (Lipinski definition) is 6. The standard InChI is InChI=1S/C15H16BrN5O3S/c16-13-3-2-11(25(17,23)24)10-12(13)14(22)20-6-8-21(9-7-20)15-18-4-1-5-19-15/h1-5,10H,6-9H2,(H2,17,23,24). The lowest BCUT2D eigenvalue weighted by atomic mass is 10.2. The van der Waals surface area contributed by atoms with Crippen LogP contribution >= 0.6 is 15.9 Å². The molecule has 1 aliphatic heterocycles. The number of primary sulfonamides is 1. The van der Waals surface area contributed by atoms with Gasteiger partial charge < -0.3 is 9.80 Å². The van der Waals surface area contributed by atoms with Gasteiger partial charge in [0.1, 0.15) is 0 Å². The molecule has 3 rings (SSSR count). The molecule has 1 aliphatic rings. The van der Waals surface area contributed by atoms with E-state index in [0.29, 0.717) is 36.6 Å². The van der Waals surface area contributed by atoms with E-state index >= 15 is 0 Å². The fourth-order valence-corrected chi connectivity index (χ4v) is 3.54. The Balaban J connectivity index is 1.75. The predicted octanol–water partition coefficient (Wildman–Crippen LogP) is 0.849. The van der Waals surface area contributed by atoms with Crippen LogP contribution in [-0.4, -0.2) is 55.4 Å². The van der Waals surface area contributed by atoms with Gasteiger partial charge in [-0.1, -0.05) is 0 Å². The lowest BCUT2D eigenvalue weighted by molar-refractivity contribution is 0.0745. The van der Waals surface area contributed by atoms with Gasteiger partial charge in [0.2, 0.25) is 16.0 Å². The van der Waals surface area contributed by atoms with E-state index in [0.717, 1.165) is 0 Å². The molecular weight excluding hydrogens is 410 g/mol. The smallest absolute Gasteiger partial charge is 0.255 e. The van der Waals surface area contributed by atoms with Crippen molar-refractivity contribution in [1.82, 2.24) is 14.9 Å². The van der Waals surface area contributed by atoms with Gasteiger partial charge in [0.15, 0.2) is 0 Å². The molecule has 0 aliphatic carbocycles. The van der Waals surface area contributed by atoms with E-state index in [2.05, 4.69) is 25.9 Å². The first-order valence-electron chi connectivity index (χ1n) is 7.50. The van der Waals surface area contributed by atoms with E-state index in [-0.39, 0.29) is 16.4 Å². The maximum absolute atomic E-state index is 12.8. The molecule has 2 heterocycles. The number of aromatic nitrogens is 2. The third-order valence-electron chi connectivity index (χ3n) is 3.90. The van der Waals surface area contributed by atoms with Crippen LogP contribution in [0.2, 0.25) is 0 Å². The molecule has 1 fully saturated rings. The van der Waals surface area contributed by atoms with Crippen molar-refractivity contribution < 1.29 is 13.2 Å². The minimum atomic E-state index is -3.87. The van der Waals surface area contributed by atoms with Crippen molar-refractivity contribution in [3.8, 4) is 0 Å². The van der Waals surface area contributed by atoms with Crippen LogP contribution in [0.3, 0.4) is 0 Å². The molecule has 0 radical (unpaired) electrons. The van der Waals surface area contributed by atoms with Gasteiger partial charge >= 0.3 is 0 Å². The summed E-state index contributed by atoms with van der Waals surface area (Å²) in [5, 5.41) is 5.15. The summed E-state index contributed by atoms with van der Waals surface area (Å²) in [7, 11) is -3.87. The predicted molar refractivity (Wildman–Crippen MR) is 95.7 cm³/mol. The van der Waals surface area contributed by atoms with Gasteiger partial charge in [0.05, 0.1) is 10.5 Å². The largest absolute Gasteiger partial charge is 0.337 e. The first-order chi connectivity index (χ1) is 11.9. The molecule has 1 aromatic heterocycles. The minimum absolute atomic E-state index is 0.0876. The molecule has 10 heteroatoms. The topological polar surface area (TPSA) is 109 Å². The number of anilines is 1. The summed E-state index contributed by atoms with van der Waals surface area (Å²) in [6.07, 6.45) is 3.35. The Hall–Kier alpha value is -2.04. The molecule has 0 spiro atoms. The molecular formula is C15H16BrN5O3S. The highest BCUT2D eigenvalue weighted by Crippen LogP contribution is 2.23. The van der Waals surface area contributed by atoms with Gasteiger partial charge in [-0.05, 0) is 40.2 Å². The van der Waals surface area contributed by atoms with Crippen molar-refractivity contribution in [2.45, 2.75) is 4.90 Å². The Morgan fingerprint density at radius 1 is 1.12 bits per heavy atom. The van der Waals surface area contributed by atoms with Crippen molar-refractivity contribution in [3.05, 3.63) is 46.7 Å². The van der Waals surface area contributed by atoms with Gasteiger partial charge in [-0.3, -0.25) is 4.79 Å². The first kappa shape index (κ1) is 17.8. The molecule has 0 unspecified atom stereocenters. The van der Waals surface area contributed by atoms with Crippen molar-refractivity contribution in [2.75, 3.05) is 31.1 Å². The molecule has 0 bridgehead atoms. The summed E-state index contributed by atoms with van der Waals surface area (Å²) < 4.78 is 23.6. The minimum Gasteiger partial charge on any atom is -0.337 e. The molecule has 8 nitrogen and oxygen atoms in total. The maximum Gasteiger partial charge on any atom is 0.255 e. The van der Waals surface area contributed by atoms with E-state index in [9.17, 15) is 13.2 Å². The molecule has 2 N–H and O–H groups in total. The number of halogens is 1. The van der Waals surface area contributed by atoms with Crippen molar-refractivity contribution >= 4 is 37.8 Å². The molecule has 2 aromatic rings. The van der Waals surface area contributed by atoms with Gasteiger partial charge in [-0.15, -0.1) is 0 Å². The molecule has 1 aromatic carbocycles. The SMILES string of the molecule is NS(=O)(=O)c1ccc(Br)c(C(=O)N2CCN(c3ncccn3)CC2)c1. The van der Waals surface area contributed by atoms with Crippen LogP contribution in [0.4, 0.5) is 5.95 Å². The Morgan fingerprint density at radius 3 is 2.36 bits per heavy atom. The first-order valence-corrected chi connectivity index (χ1v) is 9.84. The highest BCUT2D eigenvalue weighted by Gasteiger charge is 2.25. The second kappa shape index (κ2) is 7.06. The van der Waals surface area contributed by atoms with E-state index in [1.165, 1.54) is 18.2 Å². The van der Waals surface area contributed by atoms with Crippen molar-refractivity contribution in [2.24, 2.45) is 5.14 Å². The Labute approximate surface area is 153 Å². The van der Waals surface area contributed by atoms with E-state index in [1.54, 1.807) is 23.4 Å². The van der Waals surface area contributed by atoms with Gasteiger partial charge in [0.25, 0.3) is 5.91 Å². The zero-order chi connectivity index (χ0) is 18.0. The summed E-state index contributed by atoms with van der Waals surface area (Å²) in [5.74, 6) is 0.387. The number of benzene rings is 1. The number of piperazine rings is 1. The fourth-order valence-electron chi connectivity index (χ4n) is 2.58. The third kappa shape index (κ3) is 3.97. The second-order valence-electron chi connectivity index (χ2n) is 5.51. The van der Waals surface area contributed by atoms with Crippen LogP contribution in [0, 0.1) is 0 Å². The molecule has 1 saturated heterocycles. The summed E-state index contributed by atoms with van der Waals surface area (Å²) in [6, 6.07) is 5.93. The molecule has 132 valence electrons. The van der Waals surface area contributed by atoms with Gasteiger partial charge in [-0.2, -0.15) is 0 Å². The van der Waals surface area contributed by atoms with E-state index in [4.69, 9.17) is 5.14 Å². The average Bonchev–Trinajstić information content (AvgIpc) is 2.61. The summed E-state index contributed by atoms with van der Waals surface area (Å²) in [6.45, 7) is 2.18. The quantitative estimate of drug-likeness (QED) is 0.780. The Kier molecular flexibility index (Phi) is 5.02. The monoisotopic (exact) mass is 425 g/mol. The van der Waals surface area contributed by atoms with Crippen LogP contribution < -0.4 is 10.0 Å². The highest BCUT2D eigenvalue weighted by molar-refractivity contribution is 9.10. The van der Waals surface area contributed by atoms with Crippen LogP contribution in [-0.2, 0) is 10.0 Å². The summed E-state index contributed by atoms with van der Waals surface area (Å²) >= 11 is 3.30. The summed E-state index contributed by atoms with van der Waals surface area (Å²) in [4.78, 5) is 24.8. The molecule has 0 atom stereocenters. The number of carbonyl (C=O) groups excluding carboxylic acids is 1. The van der Waals surface area contributed by atoms with E-state index < -0.39 is 10.0 Å². The van der Waals surface area contributed by atoms with Crippen LogP contribution in [0.25, 0.3) is 0 Å². The third-order valence-corrected chi connectivity index (χ3v) is 5.50. The number of amides is 1. The Morgan fingerprint density at radius 2 is 1.76 bits per heavy atom. The zero-order valence-corrected chi connectivity index (χ0v) is 15.6. The molecule has 25 heavy (non-hydrogen) atoms. The normalized spacial score (nSPS) is 15.3. The summed E-state index contributed by atoms with van der Waals surface area (Å²) in [5.41, 5.74) is 0.274. The average molecular weight is 426 g/mol. The Bertz CT molecular complexity index is 883. The fraction of sp³-hybridized carbons (Fsp3) is 0.267. The van der Waals surface area contributed by atoms with Crippen LogP contribution in [0.5, 0.6) is 0 Å². The lowest BCUT2D eigenvalue weighted by Gasteiger charge is -2.34. The lowest BCUT2D eigenvalue weighted by Crippen LogP contribution is -2.49. The number of hydrogen-bond donors (Lipinski definition) is 1. The second-order valence-corrected chi connectivity index (χ2v) is 7.93. The molecule has 0 saturated carbocycles. The number of carbonyl (C=O) groups is 1. The maximum atomic E-state index is 12.8. The van der Waals surface area contributed by atoms with Crippen LogP contribution in [0.1, 0.15) is 10.4 Å². The van der Waals surface area contributed by atoms with Gasteiger partial charge in [0, 0.05) is 43.0 Å². The number of nitrogens with two attached hydrogens (primary N) is 1. The number of rotatable bonds is 3. The molecule has 1 amide bonds. The number of nitrogens with zero attached hydrogens (tertiary/aromatic N) is 4. The van der Waals surface area contributed by atoms with Crippen molar-refractivity contribution in [1.29, 1.82) is 0 Å².